The van der Waals surface area contributed by atoms with Crippen LogP contribution in [0.2, 0.25) is 0 Å². The molecular weight excluding hydrogens is 390 g/mol. The summed E-state index contributed by atoms with van der Waals surface area (Å²) in [6.45, 7) is 2.23. The van der Waals surface area contributed by atoms with E-state index in [0.717, 1.165) is 43.6 Å². The van der Waals surface area contributed by atoms with Gasteiger partial charge in [-0.1, -0.05) is 48.5 Å². The zero-order chi connectivity index (χ0) is 21.7. The number of piperidine rings is 1. The predicted molar refractivity (Wildman–Crippen MR) is 121 cm³/mol. The molecule has 31 heavy (non-hydrogen) atoms. The van der Waals surface area contributed by atoms with Crippen molar-refractivity contribution in [2.75, 3.05) is 31.8 Å². The molecular formula is C25H31N3O3. The summed E-state index contributed by atoms with van der Waals surface area (Å²) in [4.78, 5) is 30.0. The maximum Gasteiger partial charge on any atom is 0.305 e. The molecule has 2 aromatic carbocycles. The number of esters is 1. The van der Waals surface area contributed by atoms with Crippen LogP contribution in [0, 0.1) is 0 Å². The van der Waals surface area contributed by atoms with E-state index in [1.54, 1.807) is 0 Å². The van der Waals surface area contributed by atoms with Gasteiger partial charge in [0.1, 0.15) is 5.54 Å². The smallest absolute Gasteiger partial charge is 0.305 e. The highest BCUT2D eigenvalue weighted by Gasteiger charge is 2.54. The van der Waals surface area contributed by atoms with Crippen LogP contribution in [0.15, 0.2) is 60.7 Å². The Kier molecular flexibility index (Phi) is 6.56. The van der Waals surface area contributed by atoms with Crippen molar-refractivity contribution in [1.29, 1.82) is 0 Å². The van der Waals surface area contributed by atoms with Crippen molar-refractivity contribution in [2.24, 2.45) is 0 Å². The molecule has 0 aliphatic carbocycles. The summed E-state index contributed by atoms with van der Waals surface area (Å²) < 4.78 is 4.81. The van der Waals surface area contributed by atoms with E-state index < -0.39 is 5.54 Å². The van der Waals surface area contributed by atoms with Gasteiger partial charge in [0, 0.05) is 12.1 Å². The molecule has 2 aromatic rings. The van der Waals surface area contributed by atoms with Crippen molar-refractivity contribution in [3.63, 3.8) is 0 Å². The molecule has 0 aromatic heterocycles. The van der Waals surface area contributed by atoms with E-state index in [0.29, 0.717) is 19.5 Å². The molecule has 1 amide bonds. The van der Waals surface area contributed by atoms with Gasteiger partial charge in [-0.25, -0.2) is 0 Å². The second kappa shape index (κ2) is 9.52. The number of benzene rings is 2. The molecule has 1 unspecified atom stereocenters. The highest BCUT2D eigenvalue weighted by molar-refractivity contribution is 5.94. The number of carbonyl (C=O) groups is 2. The van der Waals surface area contributed by atoms with Crippen LogP contribution < -0.4 is 10.2 Å². The minimum atomic E-state index is -0.512. The first-order valence-electron chi connectivity index (χ1n) is 11.1. The Hall–Kier alpha value is -2.86. The molecule has 0 bridgehead atoms. The predicted octanol–water partition coefficient (Wildman–Crippen LogP) is 3.50. The van der Waals surface area contributed by atoms with Gasteiger partial charge in [-0.2, -0.15) is 0 Å². The van der Waals surface area contributed by atoms with Crippen molar-refractivity contribution in [3.8, 4) is 0 Å². The minimum Gasteiger partial charge on any atom is -0.469 e. The number of rotatable bonds is 7. The molecule has 1 atom stereocenters. The summed E-state index contributed by atoms with van der Waals surface area (Å²) in [5.74, 6) is -0.00919. The number of carbonyl (C=O) groups excluding carboxylic acids is 2. The van der Waals surface area contributed by atoms with Gasteiger partial charge in [-0.15, -0.1) is 0 Å². The number of amides is 1. The molecule has 6 heteroatoms. The summed E-state index contributed by atoms with van der Waals surface area (Å²) in [6, 6.07) is 20.4. The Balaban J connectivity index is 1.66. The lowest BCUT2D eigenvalue weighted by molar-refractivity contribution is -0.140. The van der Waals surface area contributed by atoms with Crippen molar-refractivity contribution in [1.82, 2.24) is 10.2 Å². The van der Waals surface area contributed by atoms with Gasteiger partial charge in [0.15, 0.2) is 0 Å². The molecule has 4 rings (SSSR count). The van der Waals surface area contributed by atoms with E-state index in [1.165, 1.54) is 7.11 Å². The maximum absolute atomic E-state index is 14.0. The zero-order valence-corrected chi connectivity index (χ0v) is 18.1. The van der Waals surface area contributed by atoms with Gasteiger partial charge in [0.05, 0.1) is 19.8 Å². The fourth-order valence-corrected chi connectivity index (χ4v) is 4.96. The Morgan fingerprint density at radius 3 is 2.35 bits per heavy atom. The lowest BCUT2D eigenvalue weighted by Crippen LogP contribution is -2.55. The van der Waals surface area contributed by atoms with E-state index in [4.69, 9.17) is 4.74 Å². The monoisotopic (exact) mass is 421 g/mol. The van der Waals surface area contributed by atoms with Gasteiger partial charge in [-0.05, 0) is 56.5 Å². The topological polar surface area (TPSA) is 61.9 Å². The van der Waals surface area contributed by atoms with Gasteiger partial charge in [0.25, 0.3) is 5.91 Å². The van der Waals surface area contributed by atoms with E-state index in [2.05, 4.69) is 34.5 Å². The Morgan fingerprint density at radius 1 is 1.06 bits per heavy atom. The molecule has 2 aliphatic heterocycles. The number of hydrogen-bond donors (Lipinski definition) is 1. The van der Waals surface area contributed by atoms with Crippen LogP contribution in [0.5, 0.6) is 0 Å². The average Bonchev–Trinajstić information content (AvgIpc) is 3.09. The lowest BCUT2D eigenvalue weighted by atomic mass is 9.85. The fraction of sp³-hybridized carbons (Fsp3) is 0.440. The molecule has 2 saturated heterocycles. The number of nitrogens with one attached hydrogen (secondary N) is 1. The maximum atomic E-state index is 14.0. The summed E-state index contributed by atoms with van der Waals surface area (Å²) in [6.07, 6.45) is 3.35. The first kappa shape index (κ1) is 21.4. The number of methoxy groups -OCH3 is 1. The highest BCUT2D eigenvalue weighted by atomic mass is 16.5. The lowest BCUT2D eigenvalue weighted by Gasteiger charge is -2.40. The van der Waals surface area contributed by atoms with Crippen molar-refractivity contribution < 1.29 is 14.3 Å². The third-order valence-electron chi connectivity index (χ3n) is 6.61. The summed E-state index contributed by atoms with van der Waals surface area (Å²) in [5, 5.41) is 3.41. The molecule has 2 heterocycles. The Bertz CT molecular complexity index is 881. The number of nitrogens with zero attached hydrogens (tertiary/aromatic N) is 2. The van der Waals surface area contributed by atoms with E-state index in [9.17, 15) is 9.59 Å². The van der Waals surface area contributed by atoms with E-state index in [-0.39, 0.29) is 17.9 Å². The first-order chi connectivity index (χ1) is 15.2. The second-order valence-electron chi connectivity index (χ2n) is 8.36. The SMILES string of the molecule is COC(=O)CCCC(c1ccccc1)N1CN(c2ccccc2)C2(CCNCC2)C1=O. The molecule has 2 aliphatic rings. The Morgan fingerprint density at radius 2 is 1.71 bits per heavy atom. The molecule has 0 saturated carbocycles. The van der Waals surface area contributed by atoms with Crippen LogP contribution >= 0.6 is 0 Å². The molecule has 1 N–H and O–H groups in total. The van der Waals surface area contributed by atoms with E-state index >= 15 is 0 Å². The van der Waals surface area contributed by atoms with Gasteiger partial charge >= 0.3 is 5.97 Å². The van der Waals surface area contributed by atoms with Crippen LogP contribution in [-0.2, 0) is 14.3 Å². The fourth-order valence-electron chi connectivity index (χ4n) is 4.96. The minimum absolute atomic E-state index is 0.0705. The van der Waals surface area contributed by atoms with Crippen LogP contribution in [-0.4, -0.2) is 49.2 Å². The van der Waals surface area contributed by atoms with Gasteiger partial charge in [0.2, 0.25) is 0 Å². The summed E-state index contributed by atoms with van der Waals surface area (Å²) in [5.41, 5.74) is 1.68. The number of hydrogen-bond acceptors (Lipinski definition) is 5. The summed E-state index contributed by atoms with van der Waals surface area (Å²) >= 11 is 0. The average molecular weight is 422 g/mol. The van der Waals surface area contributed by atoms with Crippen molar-refractivity contribution in [2.45, 2.75) is 43.7 Å². The van der Waals surface area contributed by atoms with Gasteiger partial charge < -0.3 is 19.9 Å². The van der Waals surface area contributed by atoms with Crippen molar-refractivity contribution >= 4 is 17.6 Å². The third kappa shape index (κ3) is 4.30. The van der Waals surface area contributed by atoms with Crippen LogP contribution in [0.25, 0.3) is 0 Å². The van der Waals surface area contributed by atoms with Crippen LogP contribution in [0.4, 0.5) is 5.69 Å². The summed E-state index contributed by atoms with van der Waals surface area (Å²) in [7, 11) is 1.42. The van der Waals surface area contributed by atoms with Gasteiger partial charge in [-0.3, -0.25) is 9.59 Å². The molecule has 1 spiro atoms. The normalized spacial score (nSPS) is 18.9. The second-order valence-corrected chi connectivity index (χ2v) is 8.36. The molecule has 164 valence electrons. The quantitative estimate of drug-likeness (QED) is 0.694. The zero-order valence-electron chi connectivity index (χ0n) is 18.1. The standard InChI is InChI=1S/C25H31N3O3/c1-31-23(29)14-8-13-22(20-9-4-2-5-10-20)27-19-28(21-11-6-3-7-12-21)25(24(27)30)15-17-26-18-16-25/h2-7,9-12,22,26H,8,13-19H2,1H3. The number of para-hydroxylation sites is 1. The molecule has 6 nitrogen and oxygen atoms in total. The Labute approximate surface area is 184 Å². The number of ether oxygens (including phenoxy) is 1. The molecule has 0 radical (unpaired) electrons. The van der Waals surface area contributed by atoms with E-state index in [1.807, 2.05) is 41.3 Å². The number of anilines is 1. The highest BCUT2D eigenvalue weighted by Crippen LogP contribution is 2.42. The van der Waals surface area contributed by atoms with Crippen LogP contribution in [0.3, 0.4) is 0 Å². The largest absolute Gasteiger partial charge is 0.469 e. The first-order valence-corrected chi connectivity index (χ1v) is 11.1. The molecule has 2 fully saturated rings. The van der Waals surface area contributed by atoms with Crippen molar-refractivity contribution in [3.05, 3.63) is 66.2 Å². The van der Waals surface area contributed by atoms with Crippen LogP contribution in [0.1, 0.15) is 43.7 Å². The third-order valence-corrected chi connectivity index (χ3v) is 6.61.